The first-order chi connectivity index (χ1) is 47.9. The third-order valence-corrected chi connectivity index (χ3v) is 14.3. The van der Waals surface area contributed by atoms with Crippen LogP contribution < -0.4 is 9.80 Å². The number of nitrogens with zero attached hydrogens (tertiary/aromatic N) is 4. The molecule has 4 nitrogen and oxygen atoms in total. The van der Waals surface area contributed by atoms with E-state index in [2.05, 4.69) is 0 Å². The maximum atomic E-state index is 10.5. The lowest BCUT2D eigenvalue weighted by atomic mass is 9.85. The Morgan fingerprint density at radius 1 is 0.427 bits per heavy atom. The fraction of sp³-hybridized carbons (Fsp3) is 0.239. The van der Waals surface area contributed by atoms with E-state index < -0.39 is 214 Å². The van der Waals surface area contributed by atoms with Crippen molar-refractivity contribution in [3.63, 3.8) is 0 Å². The lowest BCUT2D eigenvalue weighted by Gasteiger charge is -2.27. The molecule has 0 aliphatic carbocycles. The van der Waals surface area contributed by atoms with Gasteiger partial charge in [0.1, 0.15) is 0 Å². The lowest BCUT2D eigenvalue weighted by Crippen LogP contribution is -2.12. The molecule has 75 heavy (non-hydrogen) atoms. The molecule has 0 fully saturated rings. The summed E-state index contributed by atoms with van der Waals surface area (Å²) in [5, 5.41) is 1.55. The minimum Gasteiger partial charge on any atom is -0.310 e. The minimum atomic E-state index is -3.23. The second kappa shape index (κ2) is 16.8. The molecule has 0 saturated carbocycles. The molecular weight excluding hydrogens is 909 g/mol. The molecule has 0 saturated heterocycles. The molecular formula is C71H68N4. The fourth-order valence-electron chi connectivity index (χ4n) is 10.8. The molecule has 0 bridgehead atoms. The Balaban J connectivity index is 1.27. The van der Waals surface area contributed by atoms with Gasteiger partial charge in [0.15, 0.2) is 0 Å². The number of hydrogen-bond donors (Lipinski definition) is 0. The van der Waals surface area contributed by atoms with Crippen molar-refractivity contribution in [1.82, 2.24) is 8.80 Å². The molecule has 372 valence electrons. The predicted molar refractivity (Wildman–Crippen MR) is 325 cm³/mol. The van der Waals surface area contributed by atoms with Crippen LogP contribution in [-0.4, -0.2) is 8.80 Å². The molecule has 9 aromatic carbocycles. The van der Waals surface area contributed by atoms with Gasteiger partial charge in [0.25, 0.3) is 0 Å². The number of para-hydroxylation sites is 3. The molecule has 4 aromatic heterocycles. The van der Waals surface area contributed by atoms with E-state index in [1.54, 1.807) is 50.2 Å². The Labute approximate surface area is 482 Å². The summed E-state index contributed by atoms with van der Waals surface area (Å²) < 4.78 is 275. The van der Waals surface area contributed by atoms with Crippen molar-refractivity contribution in [3.8, 4) is 0 Å². The van der Waals surface area contributed by atoms with Crippen LogP contribution in [-0.2, 0) is 10.8 Å². The summed E-state index contributed by atoms with van der Waals surface area (Å²) in [4.78, 5) is 1.75. The predicted octanol–water partition coefficient (Wildman–Crippen LogP) is 20.9. The Morgan fingerprint density at radius 2 is 0.813 bits per heavy atom. The maximum absolute atomic E-state index is 10.5. The van der Waals surface area contributed by atoms with Crippen molar-refractivity contribution < 1.29 is 39.8 Å². The summed E-state index contributed by atoms with van der Waals surface area (Å²) in [7, 11) is 0. The number of rotatable bonds is 9. The topological polar surface area (TPSA) is 15.3 Å². The van der Waals surface area contributed by atoms with Crippen LogP contribution in [0.4, 0.5) is 34.1 Å². The van der Waals surface area contributed by atoms with Crippen LogP contribution in [0.25, 0.3) is 76.2 Å². The van der Waals surface area contributed by atoms with E-state index in [9.17, 15) is 24.7 Å². The molecule has 4 heterocycles. The van der Waals surface area contributed by atoms with Gasteiger partial charge >= 0.3 is 0 Å². The highest BCUT2D eigenvalue weighted by Crippen LogP contribution is 2.53. The van der Waals surface area contributed by atoms with Gasteiger partial charge in [0, 0.05) is 76.8 Å². The zero-order valence-corrected chi connectivity index (χ0v) is 43.0. The van der Waals surface area contributed by atoms with E-state index in [0.29, 0.717) is 49.4 Å². The van der Waals surface area contributed by atoms with Crippen LogP contribution in [0, 0.1) is 0 Å². The third-order valence-electron chi connectivity index (χ3n) is 14.3. The fourth-order valence-corrected chi connectivity index (χ4v) is 10.8. The summed E-state index contributed by atoms with van der Waals surface area (Å²) in [5.41, 5.74) is -3.88. The average molecular weight is 1010 g/mol. The van der Waals surface area contributed by atoms with E-state index in [1.165, 1.54) is 0 Å². The lowest BCUT2D eigenvalue weighted by molar-refractivity contribution is 0.594. The summed E-state index contributed by atoms with van der Waals surface area (Å²) in [6.45, 7) is 10.3. The third kappa shape index (κ3) is 7.08. The monoisotopic (exact) mass is 1010 g/mol. The van der Waals surface area contributed by atoms with Crippen molar-refractivity contribution >= 4 is 110 Å². The SMILES string of the molecule is [2H]c1c([2H])c([2H])c(N(c2c([2H])c([2H])c(C([2H])(C)C([2H])([2H])[2H])c([2H])c2[2H])c2c([2H])c([2H])c3c4cc5c(cc4n4c6c(C(C)(C)C)cccc6c2c34)c2c([2H])c([2H])c(N(c3c([2H])c([2H])c(C(C)C)c([2H])c3[2H])c3c([2H])c([2H])c(C([2H])(C)C([2H])([2H])[2H])c([2H])c3[2H])c3c4cccc(C(C)(C)C)c4n5c23)c([2H])c1[2H]. The van der Waals surface area contributed by atoms with Gasteiger partial charge in [-0.2, -0.15) is 0 Å². The van der Waals surface area contributed by atoms with Gasteiger partial charge in [0.2, 0.25) is 0 Å². The van der Waals surface area contributed by atoms with Crippen molar-refractivity contribution in [2.24, 2.45) is 0 Å². The highest BCUT2D eigenvalue weighted by Gasteiger charge is 2.32. The molecule has 0 amide bonds. The highest BCUT2D eigenvalue weighted by molar-refractivity contribution is 6.32. The van der Waals surface area contributed by atoms with E-state index in [1.807, 2.05) is 62.5 Å². The van der Waals surface area contributed by atoms with Crippen LogP contribution in [0.1, 0.15) is 168 Å². The molecule has 0 N–H and O–H groups in total. The van der Waals surface area contributed by atoms with Gasteiger partial charge in [-0.3, -0.25) is 0 Å². The Bertz CT molecular complexity index is 5870. The van der Waals surface area contributed by atoms with Crippen LogP contribution >= 0.6 is 0 Å². The smallest absolute Gasteiger partial charge is 0.0645 e. The zero-order chi connectivity index (χ0) is 77.1. The molecule has 0 aliphatic heterocycles. The van der Waals surface area contributed by atoms with Crippen molar-refractivity contribution in [3.05, 3.63) is 203 Å². The molecule has 0 aliphatic rings. The van der Waals surface area contributed by atoms with Gasteiger partial charge in [-0.1, -0.05) is 186 Å². The van der Waals surface area contributed by atoms with Crippen LogP contribution in [0.3, 0.4) is 0 Å². The van der Waals surface area contributed by atoms with Crippen LogP contribution in [0.2, 0.25) is 0 Å². The Morgan fingerprint density at radius 3 is 1.19 bits per heavy atom. The summed E-state index contributed by atoms with van der Waals surface area (Å²) in [6, 6.07) is -3.61. The normalized spacial score (nSPS) is 20.3. The highest BCUT2D eigenvalue weighted by atomic mass is 15.2. The number of hydrogen-bond acceptors (Lipinski definition) is 2. The molecule has 2 unspecified atom stereocenters. The number of fused-ring (bicyclic) bond motifs is 12. The van der Waals surface area contributed by atoms with E-state index in [-0.39, 0.29) is 43.5 Å². The van der Waals surface area contributed by atoms with E-state index >= 15 is 0 Å². The van der Waals surface area contributed by atoms with E-state index in [4.69, 9.17) is 15.1 Å². The van der Waals surface area contributed by atoms with Gasteiger partial charge in [-0.05, 0) is 129 Å². The Kier molecular flexibility index (Phi) is 5.65. The van der Waals surface area contributed by atoms with Gasteiger partial charge < -0.3 is 18.6 Å². The summed E-state index contributed by atoms with van der Waals surface area (Å²) >= 11 is 0. The van der Waals surface area contributed by atoms with Gasteiger partial charge in [-0.15, -0.1) is 0 Å². The first kappa shape index (κ1) is 25.1. The van der Waals surface area contributed by atoms with Crippen LogP contribution in [0.5, 0.6) is 0 Å². The number of anilines is 6. The molecule has 0 spiro atoms. The molecule has 13 aromatic rings. The zero-order valence-electron chi connectivity index (χ0n) is 72.0. The minimum absolute atomic E-state index is 0.0196. The average Bonchev–Trinajstić information content (AvgIpc) is 1.49. The number of benzene rings is 9. The molecule has 0 radical (unpaired) electrons. The van der Waals surface area contributed by atoms with Crippen LogP contribution in [0.15, 0.2) is 175 Å². The van der Waals surface area contributed by atoms with Crippen molar-refractivity contribution in [2.75, 3.05) is 9.80 Å². The summed E-state index contributed by atoms with van der Waals surface area (Å²) in [6.07, 6.45) is 0. The van der Waals surface area contributed by atoms with Gasteiger partial charge in [-0.25, -0.2) is 0 Å². The van der Waals surface area contributed by atoms with Crippen molar-refractivity contribution in [1.29, 1.82) is 0 Å². The standard InChI is InChI=1S/C71H68N4/c1-42(2)45-24-30-49(31-25-45)72(48-18-14-13-15-19-48)60-38-36-52-56-40-63-57(41-62(56)74-66-54(64(60)68(52)74)20-16-22-58(66)70(7,8)9)53-37-39-61(65-55-21-17-23-59(71(10,11)12)67(55)75(63)69(53)65)73(50-32-26-46(27-33-50)43(3)4)51-34-28-47(29-35-51)44(5)6/h13-44H,1-12H3/i1D3,3D3,13D,14D,15D,18D,19D,24D,25D,26D,27D,28D,29D,30D,31D,32D,33D,34D,35D,36D,37D,38D,39D,42D,43D. The molecule has 2 atom stereocenters. The summed E-state index contributed by atoms with van der Waals surface area (Å²) in [5.74, 6) is -6.15. The molecule has 4 heteroatoms. The van der Waals surface area contributed by atoms with E-state index in [0.717, 1.165) is 23.6 Å². The first-order valence-electron chi connectivity index (χ1n) is 39.3. The van der Waals surface area contributed by atoms with Crippen molar-refractivity contribution in [2.45, 2.75) is 111 Å². The largest absolute Gasteiger partial charge is 0.310 e. The maximum Gasteiger partial charge on any atom is 0.0645 e. The second-order valence-corrected chi connectivity index (χ2v) is 21.6. The Hall–Kier alpha value is -7.82. The van der Waals surface area contributed by atoms with Gasteiger partial charge in [0.05, 0.1) is 73.3 Å². The quantitative estimate of drug-likeness (QED) is 0.143. The second-order valence-electron chi connectivity index (χ2n) is 21.6. The number of aromatic nitrogens is 2. The molecule has 13 rings (SSSR count). The first-order valence-corrected chi connectivity index (χ1v) is 24.8.